The van der Waals surface area contributed by atoms with Gasteiger partial charge in [-0.1, -0.05) is 12.1 Å². The first kappa shape index (κ1) is 12.6. The summed E-state index contributed by atoms with van der Waals surface area (Å²) >= 11 is 0. The minimum Gasteiger partial charge on any atom is -0.487 e. The van der Waals surface area contributed by atoms with E-state index in [1.54, 1.807) is 12.1 Å². The SMILES string of the molecule is O=C(O)/C=C/c1cccc(F)c1OC1CCCC1. The zero-order chi connectivity index (χ0) is 13.0. The van der Waals surface area contributed by atoms with Crippen LogP contribution in [-0.4, -0.2) is 17.2 Å². The molecule has 2 rings (SSSR count). The number of carbonyl (C=O) groups is 1. The van der Waals surface area contributed by atoms with Crippen LogP contribution in [0, 0.1) is 5.82 Å². The van der Waals surface area contributed by atoms with Crippen molar-refractivity contribution in [3.63, 3.8) is 0 Å². The molecule has 1 N–H and O–H groups in total. The van der Waals surface area contributed by atoms with E-state index in [4.69, 9.17) is 9.84 Å². The summed E-state index contributed by atoms with van der Waals surface area (Å²) in [4.78, 5) is 10.5. The van der Waals surface area contributed by atoms with Crippen LogP contribution in [-0.2, 0) is 4.79 Å². The number of ether oxygens (including phenoxy) is 1. The smallest absolute Gasteiger partial charge is 0.328 e. The second kappa shape index (κ2) is 5.67. The summed E-state index contributed by atoms with van der Waals surface area (Å²) in [5.74, 6) is -1.36. The summed E-state index contributed by atoms with van der Waals surface area (Å²) in [6.07, 6.45) is 6.43. The zero-order valence-corrected chi connectivity index (χ0v) is 9.93. The molecule has 1 aliphatic carbocycles. The van der Waals surface area contributed by atoms with E-state index in [-0.39, 0.29) is 11.9 Å². The molecule has 96 valence electrons. The Hall–Kier alpha value is -1.84. The van der Waals surface area contributed by atoms with Crippen molar-refractivity contribution in [1.29, 1.82) is 0 Å². The molecule has 18 heavy (non-hydrogen) atoms. The van der Waals surface area contributed by atoms with Crippen LogP contribution in [0.3, 0.4) is 0 Å². The molecular weight excluding hydrogens is 235 g/mol. The van der Waals surface area contributed by atoms with Gasteiger partial charge < -0.3 is 9.84 Å². The lowest BCUT2D eigenvalue weighted by atomic mass is 10.1. The lowest BCUT2D eigenvalue weighted by molar-refractivity contribution is -0.131. The summed E-state index contributed by atoms with van der Waals surface area (Å²) in [6, 6.07) is 4.51. The van der Waals surface area contributed by atoms with Crippen LogP contribution in [0.4, 0.5) is 4.39 Å². The Bertz CT molecular complexity index is 462. The van der Waals surface area contributed by atoms with E-state index >= 15 is 0 Å². The third-order valence-corrected chi connectivity index (χ3v) is 2.99. The van der Waals surface area contributed by atoms with E-state index in [1.807, 2.05) is 0 Å². The molecule has 0 unspecified atom stereocenters. The summed E-state index contributed by atoms with van der Waals surface area (Å²) in [5, 5.41) is 8.60. The Morgan fingerprint density at radius 3 is 2.78 bits per heavy atom. The largest absolute Gasteiger partial charge is 0.487 e. The maximum Gasteiger partial charge on any atom is 0.328 e. The zero-order valence-electron chi connectivity index (χ0n) is 9.93. The van der Waals surface area contributed by atoms with Gasteiger partial charge in [0, 0.05) is 11.6 Å². The first-order valence-corrected chi connectivity index (χ1v) is 6.03. The van der Waals surface area contributed by atoms with E-state index in [1.165, 1.54) is 12.1 Å². The first-order valence-electron chi connectivity index (χ1n) is 6.03. The molecule has 0 aliphatic heterocycles. The van der Waals surface area contributed by atoms with Crippen molar-refractivity contribution in [3.05, 3.63) is 35.7 Å². The summed E-state index contributed by atoms with van der Waals surface area (Å²) in [7, 11) is 0. The van der Waals surface area contributed by atoms with Gasteiger partial charge in [0.1, 0.15) is 0 Å². The Labute approximate surface area is 105 Å². The average Bonchev–Trinajstić information content (AvgIpc) is 2.82. The molecule has 0 atom stereocenters. The highest BCUT2D eigenvalue weighted by Crippen LogP contribution is 2.29. The number of aliphatic carboxylic acids is 1. The first-order chi connectivity index (χ1) is 8.66. The molecule has 1 aliphatic rings. The molecule has 0 aromatic heterocycles. The van der Waals surface area contributed by atoms with Crippen molar-refractivity contribution in [3.8, 4) is 5.75 Å². The molecule has 1 aromatic carbocycles. The summed E-state index contributed by atoms with van der Waals surface area (Å²) in [6.45, 7) is 0. The molecule has 4 heteroatoms. The van der Waals surface area contributed by atoms with Crippen LogP contribution < -0.4 is 4.74 Å². The highest BCUT2D eigenvalue weighted by molar-refractivity contribution is 5.85. The number of rotatable bonds is 4. The number of hydrogen-bond donors (Lipinski definition) is 1. The van der Waals surface area contributed by atoms with Crippen LogP contribution in [0.25, 0.3) is 6.08 Å². The summed E-state index contributed by atoms with van der Waals surface area (Å²) < 4.78 is 19.4. The highest BCUT2D eigenvalue weighted by atomic mass is 19.1. The number of halogens is 1. The fraction of sp³-hybridized carbons (Fsp3) is 0.357. The van der Waals surface area contributed by atoms with Gasteiger partial charge in [-0.05, 0) is 37.8 Å². The summed E-state index contributed by atoms with van der Waals surface area (Å²) in [5.41, 5.74) is 0.462. The quantitative estimate of drug-likeness (QED) is 0.834. The molecule has 0 heterocycles. The highest BCUT2D eigenvalue weighted by Gasteiger charge is 2.19. The Morgan fingerprint density at radius 2 is 2.11 bits per heavy atom. The van der Waals surface area contributed by atoms with Crippen molar-refractivity contribution < 1.29 is 19.0 Å². The Kier molecular flexibility index (Phi) is 3.97. The van der Waals surface area contributed by atoms with Crippen LogP contribution >= 0.6 is 0 Å². The Balaban J connectivity index is 2.22. The fourth-order valence-electron chi connectivity index (χ4n) is 2.12. The van der Waals surface area contributed by atoms with Gasteiger partial charge in [-0.25, -0.2) is 9.18 Å². The van der Waals surface area contributed by atoms with Gasteiger partial charge in [0.05, 0.1) is 6.10 Å². The third-order valence-electron chi connectivity index (χ3n) is 2.99. The molecule has 0 amide bonds. The lowest BCUT2D eigenvalue weighted by Crippen LogP contribution is -2.12. The van der Waals surface area contributed by atoms with Crippen LogP contribution in [0.15, 0.2) is 24.3 Å². The molecule has 1 fully saturated rings. The van der Waals surface area contributed by atoms with Gasteiger partial charge >= 0.3 is 5.97 Å². The van der Waals surface area contributed by atoms with Gasteiger partial charge in [-0.2, -0.15) is 0 Å². The van der Waals surface area contributed by atoms with Crippen molar-refractivity contribution in [1.82, 2.24) is 0 Å². The van der Waals surface area contributed by atoms with E-state index in [9.17, 15) is 9.18 Å². The second-order valence-corrected chi connectivity index (χ2v) is 4.35. The molecule has 3 nitrogen and oxygen atoms in total. The number of para-hydroxylation sites is 1. The number of hydrogen-bond acceptors (Lipinski definition) is 2. The number of carboxylic acid groups (broad SMARTS) is 1. The predicted octanol–water partition coefficient (Wildman–Crippen LogP) is 3.24. The van der Waals surface area contributed by atoms with Crippen molar-refractivity contribution >= 4 is 12.0 Å². The van der Waals surface area contributed by atoms with Gasteiger partial charge in [-0.3, -0.25) is 0 Å². The standard InChI is InChI=1S/C14H15FO3/c15-12-7-3-4-10(8-9-13(16)17)14(12)18-11-5-1-2-6-11/h3-4,7-9,11H,1-2,5-6H2,(H,16,17)/b9-8+. The maximum absolute atomic E-state index is 13.7. The van der Waals surface area contributed by atoms with Crippen LogP contribution in [0.1, 0.15) is 31.2 Å². The van der Waals surface area contributed by atoms with E-state index in [2.05, 4.69) is 0 Å². The van der Waals surface area contributed by atoms with Gasteiger partial charge in [0.25, 0.3) is 0 Å². The molecule has 0 radical (unpaired) electrons. The molecule has 0 spiro atoms. The van der Waals surface area contributed by atoms with Gasteiger partial charge in [-0.15, -0.1) is 0 Å². The molecule has 1 aromatic rings. The minimum atomic E-state index is -1.06. The topological polar surface area (TPSA) is 46.5 Å². The molecule has 1 saturated carbocycles. The molecule has 0 bridgehead atoms. The lowest BCUT2D eigenvalue weighted by Gasteiger charge is -2.15. The van der Waals surface area contributed by atoms with Crippen LogP contribution in [0.5, 0.6) is 5.75 Å². The van der Waals surface area contributed by atoms with Crippen LogP contribution in [0.2, 0.25) is 0 Å². The van der Waals surface area contributed by atoms with Crippen molar-refractivity contribution in [2.75, 3.05) is 0 Å². The van der Waals surface area contributed by atoms with E-state index in [0.717, 1.165) is 31.8 Å². The fourth-order valence-corrected chi connectivity index (χ4v) is 2.12. The van der Waals surface area contributed by atoms with Crippen molar-refractivity contribution in [2.45, 2.75) is 31.8 Å². The minimum absolute atomic E-state index is 0.0406. The molecule has 0 saturated heterocycles. The molecular formula is C14H15FO3. The number of benzene rings is 1. The average molecular weight is 250 g/mol. The van der Waals surface area contributed by atoms with Gasteiger partial charge in [0.2, 0.25) is 0 Å². The predicted molar refractivity (Wildman–Crippen MR) is 66.0 cm³/mol. The normalized spacial score (nSPS) is 16.3. The van der Waals surface area contributed by atoms with Gasteiger partial charge in [0.15, 0.2) is 11.6 Å². The monoisotopic (exact) mass is 250 g/mol. The third kappa shape index (κ3) is 3.09. The van der Waals surface area contributed by atoms with E-state index < -0.39 is 11.8 Å². The second-order valence-electron chi connectivity index (χ2n) is 4.35. The maximum atomic E-state index is 13.7. The van der Waals surface area contributed by atoms with Crippen molar-refractivity contribution in [2.24, 2.45) is 0 Å². The van der Waals surface area contributed by atoms with E-state index in [0.29, 0.717) is 5.56 Å². The Morgan fingerprint density at radius 1 is 1.39 bits per heavy atom. The number of carboxylic acids is 1.